The Morgan fingerprint density at radius 1 is 1.13 bits per heavy atom. The molecule has 1 atom stereocenters. The summed E-state index contributed by atoms with van der Waals surface area (Å²) in [6, 6.07) is 15.3. The number of nitriles is 1. The maximum atomic E-state index is 12.8. The van der Waals surface area contributed by atoms with Crippen LogP contribution in [0.5, 0.6) is 0 Å². The summed E-state index contributed by atoms with van der Waals surface area (Å²) >= 11 is 0. The lowest BCUT2D eigenvalue weighted by molar-refractivity contribution is -0.131. The fraction of sp³-hybridized carbons (Fsp3) is 0.304. The predicted octanol–water partition coefficient (Wildman–Crippen LogP) is 3.87. The molecule has 1 fully saturated rings. The normalized spacial score (nSPS) is 18.0. The smallest absolute Gasteiger partial charge is 0.323 e. The monoisotopic (exact) mass is 418 g/mol. The summed E-state index contributed by atoms with van der Waals surface area (Å²) in [5.41, 5.74) is 1.80. The zero-order chi connectivity index (χ0) is 22.6. The van der Waals surface area contributed by atoms with Gasteiger partial charge in [-0.05, 0) is 61.2 Å². The van der Waals surface area contributed by atoms with Crippen LogP contribution in [0.3, 0.4) is 0 Å². The third-order valence-corrected chi connectivity index (χ3v) is 5.02. The van der Waals surface area contributed by atoms with Gasteiger partial charge in [0.1, 0.15) is 5.54 Å². The van der Waals surface area contributed by atoms with Crippen molar-refractivity contribution in [2.24, 2.45) is 5.92 Å². The zero-order valence-corrected chi connectivity index (χ0v) is 17.8. The largest absolute Gasteiger partial charge is 0.342 e. The molecule has 3 rings (SSSR count). The van der Waals surface area contributed by atoms with E-state index >= 15 is 0 Å². The predicted molar refractivity (Wildman–Crippen MR) is 120 cm³/mol. The van der Waals surface area contributed by atoms with Crippen LogP contribution in [0.2, 0.25) is 0 Å². The molecule has 0 spiro atoms. The van der Waals surface area contributed by atoms with Gasteiger partial charge in [-0.2, -0.15) is 5.26 Å². The van der Waals surface area contributed by atoms with Crippen molar-refractivity contribution >= 4 is 29.3 Å². The molecule has 4 N–H and O–H groups in total. The van der Waals surface area contributed by atoms with Crippen molar-refractivity contribution in [3.05, 3.63) is 59.7 Å². The van der Waals surface area contributed by atoms with E-state index in [0.717, 1.165) is 5.56 Å². The number of hydrogen-bond donors (Lipinski definition) is 4. The van der Waals surface area contributed by atoms with Crippen LogP contribution >= 0.6 is 0 Å². The standard InChI is InChI=1S/C23H26N6O2/c1-15(2)12-23(3)20(30)29(21(25)28-23)14-17-6-10-19(11-7-17)27-22(31)26-18-8-4-16(13-24)5-9-18/h4-11,15H,12,14H2,1-3H3,(H2,25,28)(H2,26,27,31). The van der Waals surface area contributed by atoms with Gasteiger partial charge in [-0.1, -0.05) is 26.0 Å². The Labute approximate surface area is 181 Å². The van der Waals surface area contributed by atoms with Crippen molar-refractivity contribution in [1.82, 2.24) is 10.2 Å². The van der Waals surface area contributed by atoms with E-state index in [2.05, 4.69) is 29.8 Å². The Hall–Kier alpha value is -3.86. The highest BCUT2D eigenvalue weighted by Gasteiger charge is 2.45. The minimum Gasteiger partial charge on any atom is -0.342 e. The van der Waals surface area contributed by atoms with Crippen molar-refractivity contribution in [1.29, 1.82) is 10.7 Å². The first-order valence-corrected chi connectivity index (χ1v) is 10.1. The molecule has 3 amide bonds. The van der Waals surface area contributed by atoms with Gasteiger partial charge >= 0.3 is 6.03 Å². The number of rotatable bonds is 6. The van der Waals surface area contributed by atoms with E-state index in [1.54, 1.807) is 36.4 Å². The van der Waals surface area contributed by atoms with E-state index in [1.165, 1.54) is 4.90 Å². The summed E-state index contributed by atoms with van der Waals surface area (Å²) in [5, 5.41) is 25.5. The first-order chi connectivity index (χ1) is 14.7. The van der Waals surface area contributed by atoms with Gasteiger partial charge in [0.15, 0.2) is 5.96 Å². The lowest BCUT2D eigenvalue weighted by atomic mass is 9.91. The van der Waals surface area contributed by atoms with Crippen molar-refractivity contribution in [3.8, 4) is 6.07 Å². The lowest BCUT2D eigenvalue weighted by Crippen LogP contribution is -2.44. The summed E-state index contributed by atoms with van der Waals surface area (Å²) in [4.78, 5) is 26.5. The highest BCUT2D eigenvalue weighted by atomic mass is 16.2. The summed E-state index contributed by atoms with van der Waals surface area (Å²) in [6.07, 6.45) is 0.655. The highest BCUT2D eigenvalue weighted by Crippen LogP contribution is 2.26. The van der Waals surface area contributed by atoms with Crippen LogP contribution < -0.4 is 16.0 Å². The van der Waals surface area contributed by atoms with Crippen LogP contribution in [0, 0.1) is 22.7 Å². The average Bonchev–Trinajstić information content (AvgIpc) is 2.92. The van der Waals surface area contributed by atoms with Gasteiger partial charge in [-0.25, -0.2) is 4.79 Å². The van der Waals surface area contributed by atoms with Crippen molar-refractivity contribution < 1.29 is 9.59 Å². The van der Waals surface area contributed by atoms with Gasteiger partial charge in [0.05, 0.1) is 18.2 Å². The Bertz CT molecular complexity index is 1020. The van der Waals surface area contributed by atoms with Crippen molar-refractivity contribution in [2.75, 3.05) is 10.6 Å². The van der Waals surface area contributed by atoms with Crippen LogP contribution in [-0.2, 0) is 11.3 Å². The summed E-state index contributed by atoms with van der Waals surface area (Å²) in [7, 11) is 0. The summed E-state index contributed by atoms with van der Waals surface area (Å²) in [6.45, 7) is 6.23. The molecular weight excluding hydrogens is 392 g/mol. The number of nitrogens with zero attached hydrogens (tertiary/aromatic N) is 2. The second-order valence-electron chi connectivity index (χ2n) is 8.26. The number of guanidine groups is 1. The number of hydrogen-bond acceptors (Lipinski definition) is 4. The third-order valence-electron chi connectivity index (χ3n) is 5.02. The van der Waals surface area contributed by atoms with Crippen LogP contribution in [0.15, 0.2) is 48.5 Å². The zero-order valence-electron chi connectivity index (χ0n) is 17.8. The van der Waals surface area contributed by atoms with Crippen LogP contribution in [0.25, 0.3) is 0 Å². The maximum Gasteiger partial charge on any atom is 0.323 e. The summed E-state index contributed by atoms with van der Waals surface area (Å²) in [5.74, 6) is 0.335. The minimum absolute atomic E-state index is 0.102. The molecule has 1 aliphatic heterocycles. The fourth-order valence-corrected chi connectivity index (χ4v) is 3.68. The second kappa shape index (κ2) is 8.88. The number of amides is 3. The fourth-order valence-electron chi connectivity index (χ4n) is 3.68. The number of carbonyl (C=O) groups is 2. The maximum absolute atomic E-state index is 12.8. The number of anilines is 2. The topological polar surface area (TPSA) is 121 Å². The number of nitrogens with one attached hydrogen (secondary N) is 4. The molecule has 1 saturated heterocycles. The molecule has 0 aromatic heterocycles. The van der Waals surface area contributed by atoms with E-state index in [0.29, 0.717) is 29.3 Å². The Kier molecular flexibility index (Phi) is 6.25. The minimum atomic E-state index is -0.754. The van der Waals surface area contributed by atoms with Crippen molar-refractivity contribution in [2.45, 2.75) is 39.3 Å². The SMILES string of the molecule is CC(C)CC1(C)NC(=N)N(Cc2ccc(NC(=O)Nc3ccc(C#N)cc3)cc2)C1=O. The van der Waals surface area contributed by atoms with Crippen LogP contribution in [0.4, 0.5) is 16.2 Å². The molecule has 1 aliphatic rings. The van der Waals surface area contributed by atoms with E-state index < -0.39 is 11.6 Å². The van der Waals surface area contributed by atoms with Gasteiger partial charge in [0.25, 0.3) is 5.91 Å². The van der Waals surface area contributed by atoms with Gasteiger partial charge in [0, 0.05) is 11.4 Å². The average molecular weight is 419 g/mol. The second-order valence-corrected chi connectivity index (χ2v) is 8.26. The molecule has 31 heavy (non-hydrogen) atoms. The van der Waals surface area contributed by atoms with Gasteiger partial charge in [0.2, 0.25) is 0 Å². The lowest BCUT2D eigenvalue weighted by Gasteiger charge is -2.24. The summed E-state index contributed by atoms with van der Waals surface area (Å²) < 4.78 is 0. The van der Waals surface area contributed by atoms with Gasteiger partial charge < -0.3 is 16.0 Å². The van der Waals surface area contributed by atoms with Crippen LogP contribution in [0.1, 0.15) is 38.3 Å². The molecule has 160 valence electrons. The quantitative estimate of drug-likeness (QED) is 0.569. The molecule has 0 aliphatic carbocycles. The molecule has 2 aromatic rings. The molecule has 8 heteroatoms. The van der Waals surface area contributed by atoms with E-state index in [9.17, 15) is 9.59 Å². The van der Waals surface area contributed by atoms with E-state index in [1.807, 2.05) is 25.1 Å². The van der Waals surface area contributed by atoms with E-state index in [4.69, 9.17) is 10.7 Å². The van der Waals surface area contributed by atoms with Crippen molar-refractivity contribution in [3.63, 3.8) is 0 Å². The first-order valence-electron chi connectivity index (χ1n) is 10.1. The Morgan fingerprint density at radius 3 is 2.19 bits per heavy atom. The molecule has 1 heterocycles. The van der Waals surface area contributed by atoms with E-state index in [-0.39, 0.29) is 18.4 Å². The molecule has 2 aromatic carbocycles. The molecule has 0 radical (unpaired) electrons. The molecule has 0 bridgehead atoms. The molecule has 8 nitrogen and oxygen atoms in total. The first kappa shape index (κ1) is 21.8. The highest BCUT2D eigenvalue weighted by molar-refractivity contribution is 6.07. The Balaban J connectivity index is 1.58. The molecule has 1 unspecified atom stereocenters. The molecule has 0 saturated carbocycles. The number of urea groups is 1. The number of benzene rings is 2. The third kappa shape index (κ3) is 5.20. The molecular formula is C23H26N6O2. The number of carbonyl (C=O) groups excluding carboxylic acids is 2. The van der Waals surface area contributed by atoms with Gasteiger partial charge in [-0.3, -0.25) is 15.1 Å². The van der Waals surface area contributed by atoms with Crippen LogP contribution in [-0.4, -0.2) is 28.3 Å². The van der Waals surface area contributed by atoms with Gasteiger partial charge in [-0.15, -0.1) is 0 Å². The Morgan fingerprint density at radius 2 is 1.68 bits per heavy atom.